The average Bonchev–Trinajstić information content (AvgIpc) is 3.37. The molecule has 4 heteroatoms. The van der Waals surface area contributed by atoms with Crippen LogP contribution in [-0.4, -0.2) is 34.9 Å². The molecule has 0 atom stereocenters. The largest absolute Gasteiger partial charge is 0.334 e. The number of carbonyl (C=O) groups excluding carboxylic acids is 1. The standard InChI is InChI=1S/C17H25N3O/c21-17(7-4-14-8-11-18-12-9-14)20(16-5-6-16)13-15-3-1-2-10-19-15/h1-3,10,14,16,18H,4-9,11-13H2. The van der Waals surface area contributed by atoms with Gasteiger partial charge < -0.3 is 10.2 Å². The van der Waals surface area contributed by atoms with Crippen molar-refractivity contribution in [1.29, 1.82) is 0 Å². The maximum Gasteiger partial charge on any atom is 0.223 e. The minimum Gasteiger partial charge on any atom is -0.334 e. The summed E-state index contributed by atoms with van der Waals surface area (Å²) in [5.41, 5.74) is 1.000. The normalized spacial score (nSPS) is 19.4. The summed E-state index contributed by atoms with van der Waals surface area (Å²) in [6, 6.07) is 6.39. The lowest BCUT2D eigenvalue weighted by Gasteiger charge is -2.25. The first-order valence-corrected chi connectivity index (χ1v) is 8.23. The Bertz CT molecular complexity index is 452. The fourth-order valence-electron chi connectivity index (χ4n) is 3.11. The maximum atomic E-state index is 12.6. The summed E-state index contributed by atoms with van der Waals surface area (Å²) in [4.78, 5) is 19.0. The molecule has 1 saturated heterocycles. The van der Waals surface area contributed by atoms with E-state index in [1.807, 2.05) is 18.2 Å². The van der Waals surface area contributed by atoms with E-state index in [1.165, 1.54) is 12.8 Å². The second-order valence-corrected chi connectivity index (χ2v) is 6.31. The summed E-state index contributed by atoms with van der Waals surface area (Å²) < 4.78 is 0. The highest BCUT2D eigenvalue weighted by Crippen LogP contribution is 2.29. The first-order chi connectivity index (χ1) is 10.3. The van der Waals surface area contributed by atoms with Crippen molar-refractivity contribution in [3.63, 3.8) is 0 Å². The van der Waals surface area contributed by atoms with E-state index in [1.54, 1.807) is 6.20 Å². The van der Waals surface area contributed by atoms with Gasteiger partial charge in [-0.15, -0.1) is 0 Å². The van der Waals surface area contributed by atoms with Crippen LogP contribution >= 0.6 is 0 Å². The molecule has 0 aromatic carbocycles. The molecule has 0 unspecified atom stereocenters. The second kappa shape index (κ2) is 7.03. The monoisotopic (exact) mass is 287 g/mol. The zero-order chi connectivity index (χ0) is 14.5. The van der Waals surface area contributed by atoms with Crippen molar-refractivity contribution in [3.05, 3.63) is 30.1 Å². The molecule has 21 heavy (non-hydrogen) atoms. The molecule has 2 aliphatic rings. The molecule has 4 nitrogen and oxygen atoms in total. The summed E-state index contributed by atoms with van der Waals surface area (Å²) in [5.74, 6) is 1.05. The number of piperidine rings is 1. The van der Waals surface area contributed by atoms with Crippen LogP contribution in [0.15, 0.2) is 24.4 Å². The molecule has 1 aliphatic carbocycles. The van der Waals surface area contributed by atoms with Gasteiger partial charge in [-0.1, -0.05) is 6.07 Å². The van der Waals surface area contributed by atoms with Gasteiger partial charge in [-0.05, 0) is 63.2 Å². The summed E-state index contributed by atoms with van der Waals surface area (Å²) >= 11 is 0. The van der Waals surface area contributed by atoms with Gasteiger partial charge in [0, 0.05) is 18.7 Å². The van der Waals surface area contributed by atoms with Gasteiger partial charge in [-0.2, -0.15) is 0 Å². The number of amides is 1. The van der Waals surface area contributed by atoms with Crippen molar-refractivity contribution < 1.29 is 4.79 Å². The molecule has 0 spiro atoms. The smallest absolute Gasteiger partial charge is 0.223 e. The van der Waals surface area contributed by atoms with Crippen LogP contribution in [0.1, 0.15) is 44.2 Å². The molecule has 1 N–H and O–H groups in total. The lowest BCUT2D eigenvalue weighted by atomic mass is 9.93. The Hall–Kier alpha value is -1.42. The maximum absolute atomic E-state index is 12.6. The zero-order valence-electron chi connectivity index (χ0n) is 12.6. The van der Waals surface area contributed by atoms with E-state index in [2.05, 4.69) is 15.2 Å². The van der Waals surface area contributed by atoms with Gasteiger partial charge in [0.2, 0.25) is 5.91 Å². The molecule has 1 aromatic heterocycles. The quantitative estimate of drug-likeness (QED) is 0.873. The molecule has 3 rings (SSSR count). The summed E-state index contributed by atoms with van der Waals surface area (Å²) in [5, 5.41) is 3.38. The molecule has 2 fully saturated rings. The Balaban J connectivity index is 1.52. The van der Waals surface area contributed by atoms with Crippen LogP contribution in [0.2, 0.25) is 0 Å². The number of aromatic nitrogens is 1. The zero-order valence-corrected chi connectivity index (χ0v) is 12.6. The van der Waals surface area contributed by atoms with E-state index in [0.29, 0.717) is 24.9 Å². The number of pyridine rings is 1. The van der Waals surface area contributed by atoms with Gasteiger partial charge in [-0.3, -0.25) is 9.78 Å². The van der Waals surface area contributed by atoms with E-state index in [-0.39, 0.29) is 0 Å². The SMILES string of the molecule is O=C(CCC1CCNCC1)N(Cc1ccccn1)C1CC1. The van der Waals surface area contributed by atoms with Crippen molar-refractivity contribution in [2.45, 2.75) is 51.1 Å². The van der Waals surface area contributed by atoms with Gasteiger partial charge in [0.1, 0.15) is 0 Å². The van der Waals surface area contributed by atoms with Crippen molar-refractivity contribution in [2.24, 2.45) is 5.92 Å². The fraction of sp³-hybridized carbons (Fsp3) is 0.647. The van der Waals surface area contributed by atoms with Crippen LogP contribution in [-0.2, 0) is 11.3 Å². The summed E-state index contributed by atoms with van der Waals surface area (Å²) in [6.45, 7) is 2.90. The van der Waals surface area contributed by atoms with Crippen LogP contribution in [0, 0.1) is 5.92 Å². The van der Waals surface area contributed by atoms with E-state index in [4.69, 9.17) is 0 Å². The number of nitrogens with one attached hydrogen (secondary N) is 1. The number of rotatable bonds is 6. The number of nitrogens with zero attached hydrogens (tertiary/aromatic N) is 2. The first-order valence-electron chi connectivity index (χ1n) is 8.23. The molecule has 1 aliphatic heterocycles. The topological polar surface area (TPSA) is 45.2 Å². The lowest BCUT2D eigenvalue weighted by Crippen LogP contribution is -2.34. The number of hydrogen-bond acceptors (Lipinski definition) is 3. The number of carbonyl (C=O) groups is 1. The minimum absolute atomic E-state index is 0.321. The van der Waals surface area contributed by atoms with Crippen molar-refractivity contribution >= 4 is 5.91 Å². The third-order valence-corrected chi connectivity index (χ3v) is 4.59. The minimum atomic E-state index is 0.321. The van der Waals surface area contributed by atoms with E-state index in [0.717, 1.165) is 44.0 Å². The highest BCUT2D eigenvalue weighted by molar-refractivity contribution is 5.76. The van der Waals surface area contributed by atoms with E-state index in [9.17, 15) is 4.79 Å². The fourth-order valence-corrected chi connectivity index (χ4v) is 3.11. The van der Waals surface area contributed by atoms with Crippen LogP contribution in [0.4, 0.5) is 0 Å². The van der Waals surface area contributed by atoms with Crippen LogP contribution < -0.4 is 5.32 Å². The molecule has 0 radical (unpaired) electrons. The van der Waals surface area contributed by atoms with E-state index < -0.39 is 0 Å². The van der Waals surface area contributed by atoms with Crippen molar-refractivity contribution in [2.75, 3.05) is 13.1 Å². The highest BCUT2D eigenvalue weighted by Gasteiger charge is 2.32. The van der Waals surface area contributed by atoms with Gasteiger partial charge in [0.25, 0.3) is 0 Å². The van der Waals surface area contributed by atoms with Gasteiger partial charge in [-0.25, -0.2) is 0 Å². The third-order valence-electron chi connectivity index (χ3n) is 4.59. The van der Waals surface area contributed by atoms with Gasteiger partial charge >= 0.3 is 0 Å². The molecule has 1 amide bonds. The Kier molecular flexibility index (Phi) is 4.86. The van der Waals surface area contributed by atoms with Crippen LogP contribution in [0.25, 0.3) is 0 Å². The van der Waals surface area contributed by atoms with Crippen molar-refractivity contribution in [1.82, 2.24) is 15.2 Å². The predicted molar refractivity (Wildman–Crippen MR) is 82.6 cm³/mol. The van der Waals surface area contributed by atoms with Gasteiger partial charge in [0.05, 0.1) is 12.2 Å². The summed E-state index contributed by atoms with van der Waals surface area (Å²) in [6.07, 6.45) is 8.31. The molecular weight excluding hydrogens is 262 g/mol. The second-order valence-electron chi connectivity index (χ2n) is 6.31. The Morgan fingerprint density at radius 3 is 2.71 bits per heavy atom. The molecule has 1 aromatic rings. The van der Waals surface area contributed by atoms with Crippen molar-refractivity contribution in [3.8, 4) is 0 Å². The highest BCUT2D eigenvalue weighted by atomic mass is 16.2. The Labute approximate surface area is 126 Å². The Morgan fingerprint density at radius 1 is 1.24 bits per heavy atom. The predicted octanol–water partition coefficient (Wildman–Crippen LogP) is 2.35. The Morgan fingerprint density at radius 2 is 2.05 bits per heavy atom. The molecule has 0 bridgehead atoms. The average molecular weight is 287 g/mol. The van der Waals surface area contributed by atoms with Gasteiger partial charge in [0.15, 0.2) is 0 Å². The molecule has 2 heterocycles. The van der Waals surface area contributed by atoms with Crippen LogP contribution in [0.5, 0.6) is 0 Å². The van der Waals surface area contributed by atoms with E-state index >= 15 is 0 Å². The summed E-state index contributed by atoms with van der Waals surface area (Å²) in [7, 11) is 0. The first kappa shape index (κ1) is 14.5. The molecular formula is C17H25N3O. The third kappa shape index (κ3) is 4.27. The molecule has 114 valence electrons. The lowest BCUT2D eigenvalue weighted by molar-refractivity contribution is -0.132. The number of hydrogen-bond donors (Lipinski definition) is 1. The van der Waals surface area contributed by atoms with Crippen LogP contribution in [0.3, 0.4) is 0 Å². The molecule has 1 saturated carbocycles.